The van der Waals surface area contributed by atoms with E-state index in [9.17, 15) is 0 Å². The second kappa shape index (κ2) is 10.4. The normalized spacial score (nSPS) is 12.8. The Balaban J connectivity index is 0.00000243. The number of guanidine groups is 1. The number of rotatable bonds is 6. The molecule has 2 aromatic rings. The maximum absolute atomic E-state index is 5.57. The molecule has 2 N–H and O–H groups in total. The summed E-state index contributed by atoms with van der Waals surface area (Å²) in [5.41, 5.74) is 5.21. The van der Waals surface area contributed by atoms with Gasteiger partial charge in [-0.2, -0.15) is 0 Å². The van der Waals surface area contributed by atoms with Gasteiger partial charge in [0.1, 0.15) is 5.75 Å². The standard InChI is InChI=1S/C21H27N3O.HI/c1-3-22-21(24-15-19-7-5-4-6-16(19)2)23-12-10-17-8-9-20-18(14-17)11-13-25-20;/h4-9,14H,3,10-13,15H2,1-2H3,(H2,22,23,24);1H. The summed E-state index contributed by atoms with van der Waals surface area (Å²) in [5.74, 6) is 1.92. The van der Waals surface area contributed by atoms with Gasteiger partial charge in [0.25, 0.3) is 0 Å². The number of nitrogens with one attached hydrogen (secondary N) is 2. The third kappa shape index (κ3) is 5.62. The van der Waals surface area contributed by atoms with Crippen LogP contribution in [-0.4, -0.2) is 25.7 Å². The first kappa shape index (κ1) is 20.6. The second-order valence-corrected chi connectivity index (χ2v) is 6.34. The van der Waals surface area contributed by atoms with Gasteiger partial charge >= 0.3 is 0 Å². The van der Waals surface area contributed by atoms with E-state index in [0.717, 1.165) is 44.2 Å². The molecule has 0 atom stereocenters. The molecule has 0 aromatic heterocycles. The smallest absolute Gasteiger partial charge is 0.191 e. The fourth-order valence-electron chi connectivity index (χ4n) is 3.01. The summed E-state index contributed by atoms with van der Waals surface area (Å²) in [7, 11) is 0. The van der Waals surface area contributed by atoms with Crippen LogP contribution in [0.3, 0.4) is 0 Å². The number of halogens is 1. The topological polar surface area (TPSA) is 45.7 Å². The molecule has 1 aliphatic rings. The van der Waals surface area contributed by atoms with Gasteiger partial charge in [0.15, 0.2) is 5.96 Å². The molecule has 4 nitrogen and oxygen atoms in total. The number of hydrogen-bond acceptors (Lipinski definition) is 2. The molecule has 0 fully saturated rings. The van der Waals surface area contributed by atoms with E-state index in [1.165, 1.54) is 22.3 Å². The molecule has 140 valence electrons. The average Bonchev–Trinajstić information content (AvgIpc) is 3.08. The van der Waals surface area contributed by atoms with Crippen LogP contribution in [0.5, 0.6) is 5.75 Å². The molecule has 0 aliphatic carbocycles. The minimum absolute atomic E-state index is 0. The quantitative estimate of drug-likeness (QED) is 0.387. The van der Waals surface area contributed by atoms with Crippen molar-refractivity contribution in [3.8, 4) is 5.75 Å². The Bertz CT molecular complexity index is 746. The first-order chi connectivity index (χ1) is 12.3. The Morgan fingerprint density at radius 3 is 2.81 bits per heavy atom. The van der Waals surface area contributed by atoms with Gasteiger partial charge in [-0.05, 0) is 48.6 Å². The fraction of sp³-hybridized carbons (Fsp3) is 0.381. The van der Waals surface area contributed by atoms with Crippen molar-refractivity contribution in [1.29, 1.82) is 0 Å². The second-order valence-electron chi connectivity index (χ2n) is 6.34. The number of aliphatic imine (C=N–C) groups is 1. The van der Waals surface area contributed by atoms with Crippen molar-refractivity contribution in [2.45, 2.75) is 33.2 Å². The van der Waals surface area contributed by atoms with Crippen molar-refractivity contribution in [2.75, 3.05) is 19.7 Å². The molecular formula is C21H28IN3O. The zero-order valence-corrected chi connectivity index (χ0v) is 17.9. The first-order valence-corrected chi connectivity index (χ1v) is 9.07. The van der Waals surface area contributed by atoms with Crippen molar-refractivity contribution in [1.82, 2.24) is 10.6 Å². The molecule has 0 bridgehead atoms. The molecule has 5 heteroatoms. The summed E-state index contributed by atoms with van der Waals surface area (Å²) >= 11 is 0. The number of hydrogen-bond donors (Lipinski definition) is 2. The summed E-state index contributed by atoms with van der Waals surface area (Å²) in [5, 5.41) is 6.75. The molecule has 1 aliphatic heterocycles. The zero-order valence-electron chi connectivity index (χ0n) is 15.5. The Morgan fingerprint density at radius 2 is 2.00 bits per heavy atom. The van der Waals surface area contributed by atoms with E-state index in [2.05, 4.69) is 66.9 Å². The van der Waals surface area contributed by atoms with Gasteiger partial charge < -0.3 is 15.4 Å². The van der Waals surface area contributed by atoms with Crippen LogP contribution in [0.15, 0.2) is 47.5 Å². The molecule has 0 radical (unpaired) electrons. The Morgan fingerprint density at radius 1 is 1.15 bits per heavy atom. The SMILES string of the molecule is CCNC(=NCc1ccccc1C)NCCc1ccc2c(c1)CCO2.I. The van der Waals surface area contributed by atoms with Gasteiger partial charge in [0.05, 0.1) is 13.2 Å². The van der Waals surface area contributed by atoms with E-state index in [0.29, 0.717) is 6.54 Å². The average molecular weight is 465 g/mol. The maximum Gasteiger partial charge on any atom is 0.191 e. The molecule has 1 heterocycles. The molecule has 0 saturated heterocycles. The van der Waals surface area contributed by atoms with E-state index in [1.807, 2.05) is 0 Å². The Kier molecular flexibility index (Phi) is 8.22. The van der Waals surface area contributed by atoms with Crippen LogP contribution in [0.25, 0.3) is 0 Å². The number of nitrogens with zero attached hydrogens (tertiary/aromatic N) is 1. The van der Waals surface area contributed by atoms with E-state index in [1.54, 1.807) is 0 Å². The maximum atomic E-state index is 5.57. The summed E-state index contributed by atoms with van der Waals surface area (Å²) in [4.78, 5) is 4.71. The molecule has 26 heavy (non-hydrogen) atoms. The molecule has 0 saturated carbocycles. The predicted octanol–water partition coefficient (Wildman–Crippen LogP) is 3.85. The molecule has 0 amide bonds. The Labute approximate surface area is 173 Å². The van der Waals surface area contributed by atoms with Crippen LogP contribution in [0, 0.1) is 6.92 Å². The number of benzene rings is 2. The lowest BCUT2D eigenvalue weighted by Crippen LogP contribution is -2.38. The zero-order chi connectivity index (χ0) is 17.5. The first-order valence-electron chi connectivity index (χ1n) is 9.07. The van der Waals surface area contributed by atoms with Gasteiger partial charge in [-0.3, -0.25) is 0 Å². The van der Waals surface area contributed by atoms with Crippen molar-refractivity contribution in [2.24, 2.45) is 4.99 Å². The van der Waals surface area contributed by atoms with Crippen LogP contribution in [0.4, 0.5) is 0 Å². The summed E-state index contributed by atoms with van der Waals surface area (Å²) in [6.07, 6.45) is 2.00. The minimum Gasteiger partial charge on any atom is -0.493 e. The molecule has 3 rings (SSSR count). The summed E-state index contributed by atoms with van der Waals surface area (Å²) < 4.78 is 5.57. The molecule has 0 unspecified atom stereocenters. The van der Waals surface area contributed by atoms with Crippen molar-refractivity contribution >= 4 is 29.9 Å². The van der Waals surface area contributed by atoms with Crippen LogP contribution in [-0.2, 0) is 19.4 Å². The largest absolute Gasteiger partial charge is 0.493 e. The predicted molar refractivity (Wildman–Crippen MR) is 119 cm³/mol. The van der Waals surface area contributed by atoms with Gasteiger partial charge in [0, 0.05) is 19.5 Å². The third-order valence-electron chi connectivity index (χ3n) is 4.47. The highest BCUT2D eigenvalue weighted by Crippen LogP contribution is 2.25. The summed E-state index contributed by atoms with van der Waals surface area (Å²) in [6.45, 7) is 7.44. The highest BCUT2D eigenvalue weighted by Gasteiger charge is 2.11. The lowest BCUT2D eigenvalue weighted by Gasteiger charge is -2.12. The lowest BCUT2D eigenvalue weighted by molar-refractivity contribution is 0.357. The number of ether oxygens (including phenoxy) is 1. The minimum atomic E-state index is 0. The number of aryl methyl sites for hydroxylation is 1. The van der Waals surface area contributed by atoms with E-state index >= 15 is 0 Å². The Hall–Kier alpha value is -1.76. The van der Waals surface area contributed by atoms with Gasteiger partial charge in [-0.25, -0.2) is 4.99 Å². The van der Waals surface area contributed by atoms with Gasteiger partial charge in [-0.15, -0.1) is 24.0 Å². The van der Waals surface area contributed by atoms with Gasteiger partial charge in [-0.1, -0.05) is 36.4 Å². The van der Waals surface area contributed by atoms with Crippen molar-refractivity contribution in [3.63, 3.8) is 0 Å². The number of fused-ring (bicyclic) bond motifs is 1. The van der Waals surface area contributed by atoms with E-state index in [-0.39, 0.29) is 24.0 Å². The molecule has 2 aromatic carbocycles. The van der Waals surface area contributed by atoms with Crippen molar-refractivity contribution in [3.05, 3.63) is 64.7 Å². The van der Waals surface area contributed by atoms with Crippen LogP contribution in [0.2, 0.25) is 0 Å². The van der Waals surface area contributed by atoms with Crippen LogP contribution < -0.4 is 15.4 Å². The molecular weight excluding hydrogens is 437 g/mol. The lowest BCUT2D eigenvalue weighted by atomic mass is 10.1. The van der Waals surface area contributed by atoms with Crippen LogP contribution >= 0.6 is 24.0 Å². The van der Waals surface area contributed by atoms with Crippen LogP contribution in [0.1, 0.15) is 29.2 Å². The van der Waals surface area contributed by atoms with Crippen molar-refractivity contribution < 1.29 is 4.74 Å². The molecule has 0 spiro atoms. The third-order valence-corrected chi connectivity index (χ3v) is 4.47. The van der Waals surface area contributed by atoms with E-state index in [4.69, 9.17) is 9.73 Å². The van der Waals surface area contributed by atoms with E-state index < -0.39 is 0 Å². The monoisotopic (exact) mass is 465 g/mol. The highest BCUT2D eigenvalue weighted by molar-refractivity contribution is 14.0. The summed E-state index contributed by atoms with van der Waals surface area (Å²) in [6, 6.07) is 14.9. The fourth-order valence-corrected chi connectivity index (χ4v) is 3.01. The van der Waals surface area contributed by atoms with Gasteiger partial charge in [0.2, 0.25) is 0 Å². The highest BCUT2D eigenvalue weighted by atomic mass is 127.